The van der Waals surface area contributed by atoms with E-state index in [9.17, 15) is 19.2 Å². The number of aromatic nitrogens is 4. The first-order valence-electron chi connectivity index (χ1n) is 14.7. The van der Waals surface area contributed by atoms with Gasteiger partial charge >= 0.3 is 11.8 Å². The first-order chi connectivity index (χ1) is 22.1. The Balaban J connectivity index is 1.38. The minimum atomic E-state index is -0.684. The van der Waals surface area contributed by atoms with Crippen LogP contribution in [0.4, 0.5) is 11.8 Å². The van der Waals surface area contributed by atoms with Crippen LogP contribution in [0.5, 0.6) is 11.5 Å². The average molecular weight is 673 g/mol. The second-order valence-electron chi connectivity index (χ2n) is 10.8. The van der Waals surface area contributed by atoms with Gasteiger partial charge in [0.1, 0.15) is 11.9 Å². The molecule has 2 atom stereocenters. The highest BCUT2D eigenvalue weighted by molar-refractivity contribution is 8.13. The Morgan fingerprint density at radius 1 is 1.04 bits per heavy atom. The number of ether oxygens (including phenoxy) is 2. The lowest BCUT2D eigenvalue weighted by Crippen LogP contribution is -2.49. The zero-order valence-corrected chi connectivity index (χ0v) is 27.9. The smallest absolute Gasteiger partial charge is 0.311 e. The van der Waals surface area contributed by atoms with Crippen molar-refractivity contribution < 1.29 is 33.1 Å². The summed E-state index contributed by atoms with van der Waals surface area (Å²) in [5, 5.41) is 11.5. The molecule has 246 valence electrons. The number of carbonyl (C=O) groups excluding carboxylic acids is 4. The van der Waals surface area contributed by atoms with E-state index >= 15 is 0 Å². The highest BCUT2D eigenvalue weighted by atomic mass is 32.2. The summed E-state index contributed by atoms with van der Waals surface area (Å²) in [5.74, 6) is 0.532. The molecule has 1 unspecified atom stereocenters. The molecule has 3 amide bonds. The third-order valence-electron chi connectivity index (χ3n) is 7.84. The summed E-state index contributed by atoms with van der Waals surface area (Å²) in [6.45, 7) is 5.26. The molecule has 0 bridgehead atoms. The van der Waals surface area contributed by atoms with Crippen LogP contribution in [0.2, 0.25) is 0 Å². The maximum absolute atomic E-state index is 13.7. The van der Waals surface area contributed by atoms with Crippen molar-refractivity contribution >= 4 is 69.0 Å². The van der Waals surface area contributed by atoms with Crippen LogP contribution in [-0.2, 0) is 14.4 Å². The van der Waals surface area contributed by atoms with E-state index in [4.69, 9.17) is 23.9 Å². The van der Waals surface area contributed by atoms with Gasteiger partial charge < -0.3 is 33.9 Å². The Morgan fingerprint density at radius 2 is 1.76 bits per heavy atom. The van der Waals surface area contributed by atoms with E-state index in [1.807, 2.05) is 4.90 Å². The number of piperazine rings is 1. The Kier molecular flexibility index (Phi) is 10.5. The molecule has 5 rings (SSSR count). The Labute approximate surface area is 274 Å². The van der Waals surface area contributed by atoms with Crippen LogP contribution >= 0.6 is 23.5 Å². The summed E-state index contributed by atoms with van der Waals surface area (Å²) < 4.78 is 16.4. The van der Waals surface area contributed by atoms with Crippen molar-refractivity contribution in [3.63, 3.8) is 0 Å². The van der Waals surface area contributed by atoms with Crippen LogP contribution < -0.4 is 19.7 Å². The molecule has 2 aliphatic rings. The number of carbonyl (C=O) groups is 4. The summed E-state index contributed by atoms with van der Waals surface area (Å²) in [7, 11) is 3.04. The zero-order valence-electron chi connectivity index (χ0n) is 26.3. The molecular formula is C29H36N8O7S2. The van der Waals surface area contributed by atoms with Crippen molar-refractivity contribution in [1.82, 2.24) is 30.0 Å². The number of anilines is 2. The number of benzene rings is 1. The minimum Gasteiger partial charge on any atom is -0.493 e. The lowest BCUT2D eigenvalue weighted by atomic mass is 10.1. The Bertz CT molecular complexity index is 1630. The van der Waals surface area contributed by atoms with Gasteiger partial charge in [-0.2, -0.15) is 4.98 Å². The molecule has 46 heavy (non-hydrogen) atoms. The third-order valence-corrected chi connectivity index (χ3v) is 9.43. The average Bonchev–Trinajstić information content (AvgIpc) is 3.76. The highest BCUT2D eigenvalue weighted by Gasteiger charge is 2.37. The van der Waals surface area contributed by atoms with Crippen LogP contribution in [0.25, 0.3) is 10.9 Å². The van der Waals surface area contributed by atoms with Gasteiger partial charge in [0.05, 0.1) is 19.7 Å². The molecule has 0 radical (unpaired) electrons. The summed E-state index contributed by atoms with van der Waals surface area (Å²) in [5.41, 5.74) is 0.515. The van der Waals surface area contributed by atoms with Gasteiger partial charge in [0.25, 0.3) is 5.22 Å². The molecule has 0 spiro atoms. The van der Waals surface area contributed by atoms with E-state index in [2.05, 4.69) is 15.5 Å². The molecule has 17 heteroatoms. The second kappa shape index (κ2) is 14.5. The standard InChI is InChI=1S/C29H36N8O7S2/c1-16(15-46-17(2)38)26(40)37-8-6-7-20(37)24(39)31-23-18-13-21(42-3)22(43-4)14-19(18)30-28(32-23)36-11-9-35(10-12-36)27(41)25-33-34-29(44-25)45-5/h13-14,16,20H,6-12,15H2,1-5H3,(H,30,31,32,39)/t16?,20-/m0/s1. The monoisotopic (exact) mass is 672 g/mol. The first kappa shape index (κ1) is 33.2. The van der Waals surface area contributed by atoms with E-state index < -0.39 is 12.0 Å². The first-order valence-corrected chi connectivity index (χ1v) is 16.9. The lowest BCUT2D eigenvalue weighted by molar-refractivity contribution is -0.139. The van der Waals surface area contributed by atoms with Crippen LogP contribution in [0.15, 0.2) is 21.8 Å². The van der Waals surface area contributed by atoms with Crippen molar-refractivity contribution in [1.29, 1.82) is 0 Å². The second-order valence-corrected chi connectivity index (χ2v) is 12.8. The van der Waals surface area contributed by atoms with Gasteiger partial charge in [0.15, 0.2) is 16.6 Å². The summed E-state index contributed by atoms with van der Waals surface area (Å²) in [4.78, 5) is 66.0. The fraction of sp³-hybridized carbons (Fsp3) is 0.517. The topological polar surface area (TPSA) is 173 Å². The van der Waals surface area contributed by atoms with Gasteiger partial charge in [-0.05, 0) is 25.2 Å². The summed E-state index contributed by atoms with van der Waals surface area (Å²) in [6, 6.07) is 2.74. The fourth-order valence-corrected chi connectivity index (χ4v) is 6.32. The number of hydrogen-bond donors (Lipinski definition) is 1. The van der Waals surface area contributed by atoms with Crippen LogP contribution in [0.1, 0.15) is 37.4 Å². The molecular weight excluding hydrogens is 637 g/mol. The molecule has 2 aromatic heterocycles. The molecule has 2 aliphatic heterocycles. The number of thioether (sulfide) groups is 2. The lowest BCUT2D eigenvalue weighted by Gasteiger charge is -2.34. The number of likely N-dealkylation sites (tertiary alicyclic amines) is 1. The van der Waals surface area contributed by atoms with Gasteiger partial charge in [-0.15, -0.1) is 10.2 Å². The maximum Gasteiger partial charge on any atom is 0.311 e. The SMILES string of the molecule is COc1cc2nc(N3CCN(C(=O)c4nnc(SC)o4)CC3)nc(NC(=O)[C@@H]3CCCN3C(=O)C(C)CSC(C)=O)c2cc1OC. The molecule has 2 fully saturated rings. The third kappa shape index (κ3) is 7.14. The van der Waals surface area contributed by atoms with E-state index in [-0.39, 0.29) is 34.5 Å². The molecule has 1 N–H and O–H groups in total. The number of hydrogen-bond acceptors (Lipinski definition) is 14. The number of rotatable bonds is 10. The molecule has 4 heterocycles. The van der Waals surface area contributed by atoms with Gasteiger partial charge in [-0.1, -0.05) is 30.4 Å². The zero-order chi connectivity index (χ0) is 33.0. The normalized spacial score (nSPS) is 17.2. The van der Waals surface area contributed by atoms with Crippen molar-refractivity contribution in [2.75, 3.05) is 69.2 Å². The van der Waals surface area contributed by atoms with E-state index in [1.165, 1.54) is 32.9 Å². The number of amides is 3. The Hall–Kier alpha value is -4.12. The summed E-state index contributed by atoms with van der Waals surface area (Å²) >= 11 is 2.36. The van der Waals surface area contributed by atoms with Crippen LogP contribution in [0.3, 0.4) is 0 Å². The molecule has 2 saturated heterocycles. The molecule has 15 nitrogen and oxygen atoms in total. The highest BCUT2D eigenvalue weighted by Crippen LogP contribution is 2.35. The molecule has 3 aromatic rings. The molecule has 0 saturated carbocycles. The minimum absolute atomic E-state index is 0.0570. The van der Waals surface area contributed by atoms with E-state index in [0.717, 1.165) is 11.8 Å². The van der Waals surface area contributed by atoms with Gasteiger partial charge in [0, 0.05) is 62.8 Å². The van der Waals surface area contributed by atoms with Crippen molar-refractivity contribution in [3.8, 4) is 11.5 Å². The van der Waals surface area contributed by atoms with Gasteiger partial charge in [-0.3, -0.25) is 19.2 Å². The Morgan fingerprint density at radius 3 is 2.41 bits per heavy atom. The molecule has 0 aliphatic carbocycles. The van der Waals surface area contributed by atoms with Gasteiger partial charge in [-0.25, -0.2) is 4.98 Å². The largest absolute Gasteiger partial charge is 0.493 e. The van der Waals surface area contributed by atoms with Crippen LogP contribution in [-0.4, -0.2) is 118 Å². The van der Waals surface area contributed by atoms with E-state index in [1.54, 1.807) is 35.1 Å². The summed E-state index contributed by atoms with van der Waals surface area (Å²) in [6.07, 6.45) is 2.97. The van der Waals surface area contributed by atoms with Gasteiger partial charge in [0.2, 0.25) is 17.8 Å². The maximum atomic E-state index is 13.7. The quantitative estimate of drug-likeness (QED) is 0.311. The van der Waals surface area contributed by atoms with Crippen molar-refractivity contribution in [3.05, 3.63) is 18.0 Å². The fourth-order valence-electron chi connectivity index (χ4n) is 5.40. The van der Waals surface area contributed by atoms with Crippen molar-refractivity contribution in [2.24, 2.45) is 5.92 Å². The number of fused-ring (bicyclic) bond motifs is 1. The van der Waals surface area contributed by atoms with Crippen LogP contribution in [0, 0.1) is 5.92 Å². The van der Waals surface area contributed by atoms with E-state index in [0.29, 0.717) is 84.9 Å². The predicted octanol–water partition coefficient (Wildman–Crippen LogP) is 2.56. The molecule has 1 aromatic carbocycles. The van der Waals surface area contributed by atoms with Crippen molar-refractivity contribution in [2.45, 2.75) is 38.0 Å². The predicted molar refractivity (Wildman–Crippen MR) is 173 cm³/mol. The number of nitrogens with one attached hydrogen (secondary N) is 1. The number of nitrogens with zero attached hydrogens (tertiary/aromatic N) is 7. The number of methoxy groups -OCH3 is 2.